The molecule has 2 unspecified atom stereocenters. The molecular formula is C13H18F2N2O2. The van der Waals surface area contributed by atoms with Crippen LogP contribution in [-0.4, -0.2) is 23.8 Å². The van der Waals surface area contributed by atoms with Crippen molar-refractivity contribution in [2.45, 2.75) is 32.4 Å². The van der Waals surface area contributed by atoms with E-state index in [2.05, 4.69) is 10.6 Å². The van der Waals surface area contributed by atoms with Crippen LogP contribution < -0.4 is 10.6 Å². The zero-order chi connectivity index (χ0) is 14.4. The van der Waals surface area contributed by atoms with Gasteiger partial charge in [-0.1, -0.05) is 12.1 Å². The summed E-state index contributed by atoms with van der Waals surface area (Å²) >= 11 is 0. The van der Waals surface area contributed by atoms with Crippen LogP contribution in [0, 0.1) is 11.6 Å². The summed E-state index contributed by atoms with van der Waals surface area (Å²) in [6.07, 6.45) is -0.0748. The molecule has 0 saturated heterocycles. The van der Waals surface area contributed by atoms with Crippen LogP contribution in [0.5, 0.6) is 0 Å². The van der Waals surface area contributed by atoms with Crippen molar-refractivity contribution in [1.82, 2.24) is 10.6 Å². The van der Waals surface area contributed by atoms with Crippen molar-refractivity contribution in [3.05, 3.63) is 35.4 Å². The van der Waals surface area contributed by atoms with Gasteiger partial charge in [0.15, 0.2) is 11.6 Å². The van der Waals surface area contributed by atoms with Gasteiger partial charge in [-0.2, -0.15) is 0 Å². The van der Waals surface area contributed by atoms with Crippen LogP contribution in [0.1, 0.15) is 31.9 Å². The number of halogens is 2. The van der Waals surface area contributed by atoms with Crippen molar-refractivity contribution >= 4 is 6.03 Å². The molecule has 0 aromatic heterocycles. The monoisotopic (exact) mass is 272 g/mol. The first-order valence-electron chi connectivity index (χ1n) is 6.08. The third-order valence-electron chi connectivity index (χ3n) is 2.64. The lowest BCUT2D eigenvalue weighted by Gasteiger charge is -2.16. The number of carbonyl (C=O) groups is 1. The van der Waals surface area contributed by atoms with E-state index in [1.165, 1.54) is 12.1 Å². The third-order valence-corrected chi connectivity index (χ3v) is 2.64. The molecule has 2 atom stereocenters. The molecule has 0 aliphatic heterocycles. The number of hydrogen-bond acceptors (Lipinski definition) is 2. The lowest BCUT2D eigenvalue weighted by Crippen LogP contribution is -2.38. The van der Waals surface area contributed by atoms with Gasteiger partial charge in [0.25, 0.3) is 0 Å². The molecule has 0 fully saturated rings. The molecule has 106 valence electrons. The van der Waals surface area contributed by atoms with E-state index in [0.29, 0.717) is 13.0 Å². The average Bonchev–Trinajstić information content (AvgIpc) is 2.31. The highest BCUT2D eigenvalue weighted by atomic mass is 19.2. The van der Waals surface area contributed by atoms with Gasteiger partial charge in [-0.25, -0.2) is 13.6 Å². The number of aliphatic hydroxyl groups excluding tert-OH is 1. The van der Waals surface area contributed by atoms with Crippen LogP contribution in [0.15, 0.2) is 18.2 Å². The molecule has 1 aromatic carbocycles. The molecule has 4 nitrogen and oxygen atoms in total. The number of rotatable bonds is 5. The first-order chi connectivity index (χ1) is 8.91. The Morgan fingerprint density at radius 2 is 2.05 bits per heavy atom. The molecule has 1 rings (SSSR count). The second-order valence-electron chi connectivity index (χ2n) is 4.40. The highest BCUT2D eigenvalue weighted by Crippen LogP contribution is 2.18. The molecule has 0 heterocycles. The van der Waals surface area contributed by atoms with Gasteiger partial charge in [0.2, 0.25) is 0 Å². The van der Waals surface area contributed by atoms with Crippen molar-refractivity contribution in [1.29, 1.82) is 0 Å². The summed E-state index contributed by atoms with van der Waals surface area (Å²) < 4.78 is 26.5. The van der Waals surface area contributed by atoms with Crippen LogP contribution in [0.3, 0.4) is 0 Å². The quantitative estimate of drug-likeness (QED) is 0.768. The van der Waals surface area contributed by atoms with E-state index in [9.17, 15) is 13.6 Å². The highest BCUT2D eigenvalue weighted by molar-refractivity contribution is 5.74. The smallest absolute Gasteiger partial charge is 0.315 e. The lowest BCUT2D eigenvalue weighted by atomic mass is 10.1. The summed E-state index contributed by atoms with van der Waals surface area (Å²) in [6, 6.07) is 2.68. The molecule has 19 heavy (non-hydrogen) atoms. The Morgan fingerprint density at radius 1 is 1.37 bits per heavy atom. The predicted molar refractivity (Wildman–Crippen MR) is 67.6 cm³/mol. The zero-order valence-electron chi connectivity index (χ0n) is 10.9. The van der Waals surface area contributed by atoms with Gasteiger partial charge in [0.05, 0.1) is 12.1 Å². The fraction of sp³-hybridized carbons (Fsp3) is 0.462. The predicted octanol–water partition coefficient (Wildman–Crippen LogP) is 2.10. The SMILES string of the molecule is CC(O)CCNC(=O)NC(C)c1cccc(F)c1F. The van der Waals surface area contributed by atoms with Crippen molar-refractivity contribution in [2.75, 3.05) is 6.54 Å². The summed E-state index contributed by atoms with van der Waals surface area (Å²) in [6.45, 7) is 3.48. The van der Waals surface area contributed by atoms with E-state index in [-0.39, 0.29) is 5.56 Å². The van der Waals surface area contributed by atoms with E-state index in [4.69, 9.17) is 5.11 Å². The van der Waals surface area contributed by atoms with E-state index >= 15 is 0 Å². The van der Waals surface area contributed by atoms with Crippen molar-refractivity contribution in [3.8, 4) is 0 Å². The number of carbonyl (C=O) groups excluding carboxylic acids is 1. The number of hydrogen-bond donors (Lipinski definition) is 3. The van der Waals surface area contributed by atoms with Gasteiger partial charge in [-0.15, -0.1) is 0 Å². The van der Waals surface area contributed by atoms with E-state index in [1.807, 2.05) is 0 Å². The summed E-state index contributed by atoms with van der Waals surface area (Å²) in [5, 5.41) is 14.1. The minimum absolute atomic E-state index is 0.0886. The molecule has 0 aliphatic rings. The Hall–Kier alpha value is -1.69. The van der Waals surface area contributed by atoms with Crippen LogP contribution in [0.4, 0.5) is 13.6 Å². The molecule has 0 radical (unpaired) electrons. The fourth-order valence-electron chi connectivity index (χ4n) is 1.57. The summed E-state index contributed by atoms with van der Waals surface area (Å²) in [7, 11) is 0. The second-order valence-corrected chi connectivity index (χ2v) is 4.40. The molecule has 0 saturated carbocycles. The van der Waals surface area contributed by atoms with Crippen LogP contribution in [0.25, 0.3) is 0 Å². The first kappa shape index (κ1) is 15.4. The van der Waals surface area contributed by atoms with Gasteiger partial charge < -0.3 is 15.7 Å². The number of benzene rings is 1. The standard InChI is InChI=1S/C13H18F2N2O2/c1-8(18)6-7-16-13(19)17-9(2)10-4-3-5-11(14)12(10)15/h3-5,8-9,18H,6-7H2,1-2H3,(H2,16,17,19). The van der Waals surface area contributed by atoms with Crippen LogP contribution in [0.2, 0.25) is 0 Å². The second kappa shape index (κ2) is 7.04. The fourth-order valence-corrected chi connectivity index (χ4v) is 1.57. The van der Waals surface area contributed by atoms with Crippen molar-refractivity contribution < 1.29 is 18.7 Å². The largest absolute Gasteiger partial charge is 0.393 e. The highest BCUT2D eigenvalue weighted by Gasteiger charge is 2.15. The van der Waals surface area contributed by atoms with Gasteiger partial charge in [-0.3, -0.25) is 0 Å². The zero-order valence-corrected chi connectivity index (χ0v) is 10.9. The normalized spacial score (nSPS) is 13.7. The van der Waals surface area contributed by atoms with Gasteiger partial charge >= 0.3 is 6.03 Å². The average molecular weight is 272 g/mol. The van der Waals surface area contributed by atoms with E-state index in [1.54, 1.807) is 13.8 Å². The number of amides is 2. The molecule has 3 N–H and O–H groups in total. The summed E-state index contributed by atoms with van der Waals surface area (Å²) in [4.78, 5) is 11.5. The Labute approximate surface area is 110 Å². The summed E-state index contributed by atoms with van der Waals surface area (Å²) in [5.74, 6) is -1.90. The first-order valence-corrected chi connectivity index (χ1v) is 6.08. The van der Waals surface area contributed by atoms with Crippen molar-refractivity contribution in [2.24, 2.45) is 0 Å². The van der Waals surface area contributed by atoms with Crippen LogP contribution >= 0.6 is 0 Å². The topological polar surface area (TPSA) is 61.4 Å². The van der Waals surface area contributed by atoms with Crippen molar-refractivity contribution in [3.63, 3.8) is 0 Å². The van der Waals surface area contributed by atoms with Gasteiger partial charge in [0.1, 0.15) is 0 Å². The minimum Gasteiger partial charge on any atom is -0.393 e. The maximum absolute atomic E-state index is 13.5. The van der Waals surface area contributed by atoms with E-state index < -0.39 is 29.8 Å². The Morgan fingerprint density at radius 3 is 2.68 bits per heavy atom. The van der Waals surface area contributed by atoms with Gasteiger partial charge in [-0.05, 0) is 26.3 Å². The number of nitrogens with one attached hydrogen (secondary N) is 2. The number of urea groups is 1. The Kier molecular flexibility index (Phi) is 5.69. The molecule has 1 aromatic rings. The lowest BCUT2D eigenvalue weighted by molar-refractivity contribution is 0.183. The molecule has 0 spiro atoms. The Balaban J connectivity index is 2.52. The Bertz CT molecular complexity index is 439. The molecule has 0 aliphatic carbocycles. The maximum Gasteiger partial charge on any atom is 0.315 e. The molecule has 0 bridgehead atoms. The summed E-state index contributed by atoms with van der Waals surface area (Å²) in [5.41, 5.74) is 0.0886. The third kappa shape index (κ3) is 4.82. The number of aliphatic hydroxyl groups is 1. The van der Waals surface area contributed by atoms with E-state index in [0.717, 1.165) is 6.07 Å². The maximum atomic E-state index is 13.5. The van der Waals surface area contributed by atoms with Crippen LogP contribution in [-0.2, 0) is 0 Å². The van der Waals surface area contributed by atoms with Gasteiger partial charge in [0, 0.05) is 12.1 Å². The molecule has 6 heteroatoms. The molecular weight excluding hydrogens is 254 g/mol. The molecule has 2 amide bonds. The minimum atomic E-state index is -0.959.